The Bertz CT molecular complexity index is 763. The third-order valence-electron chi connectivity index (χ3n) is 2.90. The Morgan fingerprint density at radius 3 is 2.53 bits per heavy atom. The Balaban J connectivity index is 2.32. The molecule has 0 radical (unpaired) electrons. The summed E-state index contributed by atoms with van der Waals surface area (Å²) in [4.78, 5) is 15.4. The summed E-state index contributed by atoms with van der Waals surface area (Å²) in [5.74, 6) is -1.14. The minimum atomic E-state index is -1.07. The number of carbonyl (C=O) groups is 1. The first-order valence-corrected chi connectivity index (χ1v) is 5.67. The van der Waals surface area contributed by atoms with E-state index in [9.17, 15) is 9.90 Å². The van der Waals surface area contributed by atoms with Gasteiger partial charge in [0, 0.05) is 11.8 Å². The Kier molecular flexibility index (Phi) is 2.45. The van der Waals surface area contributed by atoms with Crippen LogP contribution in [0.1, 0.15) is 10.4 Å². The third kappa shape index (κ3) is 1.72. The zero-order valence-corrected chi connectivity index (χ0v) is 9.82. The average Bonchev–Trinajstić information content (AvgIpc) is 2.77. The number of pyridine rings is 1. The lowest BCUT2D eigenvalue weighted by Gasteiger charge is -1.98. The lowest BCUT2D eigenvalue weighted by molar-refractivity contribution is 0.0698. The van der Waals surface area contributed by atoms with E-state index in [1.54, 1.807) is 12.3 Å². The van der Waals surface area contributed by atoms with E-state index in [4.69, 9.17) is 5.11 Å². The van der Waals surface area contributed by atoms with Crippen molar-refractivity contribution in [3.63, 3.8) is 0 Å². The molecule has 0 aliphatic heterocycles. The van der Waals surface area contributed by atoms with Gasteiger partial charge in [0.15, 0.2) is 5.65 Å². The van der Waals surface area contributed by atoms with E-state index in [1.165, 1.54) is 10.5 Å². The number of nitrogens with zero attached hydrogens (tertiary/aromatic N) is 2. The van der Waals surface area contributed by atoms with Gasteiger partial charge in [-0.3, -0.25) is 4.40 Å². The second kappa shape index (κ2) is 4.13. The van der Waals surface area contributed by atoms with Crippen LogP contribution in [0.3, 0.4) is 0 Å². The average molecular weight is 254 g/mol. The maximum atomic E-state index is 11.1. The molecule has 3 rings (SSSR count). The summed E-state index contributed by atoms with van der Waals surface area (Å²) in [6, 6.07) is 12.2. The fourth-order valence-electron chi connectivity index (χ4n) is 2.01. The SMILES string of the molecule is O=C(O)c1cccn2c(O)c(-c3ccccc3)nc12. The zero-order chi connectivity index (χ0) is 13.4. The molecule has 5 heteroatoms. The van der Waals surface area contributed by atoms with E-state index >= 15 is 0 Å². The molecule has 0 atom stereocenters. The Morgan fingerprint density at radius 2 is 1.84 bits per heavy atom. The van der Waals surface area contributed by atoms with Crippen LogP contribution in [-0.2, 0) is 0 Å². The quantitative estimate of drug-likeness (QED) is 0.736. The van der Waals surface area contributed by atoms with E-state index < -0.39 is 5.97 Å². The van der Waals surface area contributed by atoms with Gasteiger partial charge in [0.05, 0.1) is 0 Å². The maximum Gasteiger partial charge on any atom is 0.339 e. The van der Waals surface area contributed by atoms with Crippen LogP contribution in [0.5, 0.6) is 5.88 Å². The number of aromatic nitrogens is 2. The van der Waals surface area contributed by atoms with Gasteiger partial charge >= 0.3 is 5.97 Å². The van der Waals surface area contributed by atoms with Gasteiger partial charge in [0.25, 0.3) is 0 Å². The fraction of sp³-hybridized carbons (Fsp3) is 0. The van der Waals surface area contributed by atoms with Crippen molar-refractivity contribution in [1.82, 2.24) is 9.38 Å². The predicted molar refractivity (Wildman–Crippen MR) is 69.3 cm³/mol. The minimum Gasteiger partial charge on any atom is -0.493 e. The van der Waals surface area contributed by atoms with Gasteiger partial charge in [-0.2, -0.15) is 0 Å². The molecule has 0 spiro atoms. The molecule has 94 valence electrons. The van der Waals surface area contributed by atoms with Crippen LogP contribution in [-0.4, -0.2) is 25.6 Å². The standard InChI is InChI=1S/C14H10N2O3/c17-13-11(9-5-2-1-3-6-9)15-12-10(14(18)19)7-4-8-16(12)13/h1-8,17H,(H,18,19). The molecule has 0 amide bonds. The normalized spacial score (nSPS) is 10.7. The van der Waals surface area contributed by atoms with Gasteiger partial charge < -0.3 is 10.2 Å². The van der Waals surface area contributed by atoms with Crippen molar-refractivity contribution in [1.29, 1.82) is 0 Å². The molecule has 0 aliphatic rings. The molecule has 0 unspecified atom stereocenters. The smallest absolute Gasteiger partial charge is 0.339 e. The summed E-state index contributed by atoms with van der Waals surface area (Å²) in [5, 5.41) is 19.3. The second-order valence-corrected chi connectivity index (χ2v) is 4.07. The Labute approximate surface area is 108 Å². The van der Waals surface area contributed by atoms with Gasteiger partial charge in [-0.15, -0.1) is 0 Å². The molecular weight excluding hydrogens is 244 g/mol. The largest absolute Gasteiger partial charge is 0.493 e. The van der Waals surface area contributed by atoms with E-state index in [0.29, 0.717) is 5.69 Å². The topological polar surface area (TPSA) is 74.8 Å². The Morgan fingerprint density at radius 1 is 1.11 bits per heavy atom. The summed E-state index contributed by atoms with van der Waals surface area (Å²) in [6.07, 6.45) is 1.58. The number of aromatic hydroxyl groups is 1. The number of aromatic carboxylic acids is 1. The number of carboxylic acids is 1. The number of carboxylic acid groups (broad SMARTS) is 1. The minimum absolute atomic E-state index is 0.0555. The number of benzene rings is 1. The summed E-state index contributed by atoms with van der Waals surface area (Å²) in [5.41, 5.74) is 1.39. The van der Waals surface area contributed by atoms with Gasteiger partial charge in [-0.05, 0) is 12.1 Å². The first kappa shape index (κ1) is 11.3. The highest BCUT2D eigenvalue weighted by molar-refractivity contribution is 5.95. The lowest BCUT2D eigenvalue weighted by Crippen LogP contribution is -1.99. The van der Waals surface area contributed by atoms with Crippen molar-refractivity contribution in [3.8, 4) is 17.1 Å². The van der Waals surface area contributed by atoms with Crippen molar-refractivity contribution < 1.29 is 15.0 Å². The molecule has 0 saturated carbocycles. The van der Waals surface area contributed by atoms with E-state index in [1.807, 2.05) is 30.3 Å². The van der Waals surface area contributed by atoms with Crippen molar-refractivity contribution in [3.05, 3.63) is 54.2 Å². The molecular formula is C14H10N2O3. The second-order valence-electron chi connectivity index (χ2n) is 4.07. The number of hydrogen-bond donors (Lipinski definition) is 2. The lowest BCUT2D eigenvalue weighted by atomic mass is 10.2. The first-order valence-electron chi connectivity index (χ1n) is 5.67. The highest BCUT2D eigenvalue weighted by Gasteiger charge is 2.17. The molecule has 1 aromatic carbocycles. The molecule has 3 aromatic rings. The number of fused-ring (bicyclic) bond motifs is 1. The molecule has 2 aromatic heterocycles. The van der Waals surface area contributed by atoms with Crippen LogP contribution in [0.2, 0.25) is 0 Å². The maximum absolute atomic E-state index is 11.1. The van der Waals surface area contributed by atoms with Gasteiger partial charge in [-0.1, -0.05) is 30.3 Å². The third-order valence-corrected chi connectivity index (χ3v) is 2.90. The van der Waals surface area contributed by atoms with Crippen LogP contribution >= 0.6 is 0 Å². The van der Waals surface area contributed by atoms with Crippen molar-refractivity contribution in [2.75, 3.05) is 0 Å². The van der Waals surface area contributed by atoms with Gasteiger partial charge in [-0.25, -0.2) is 9.78 Å². The first-order chi connectivity index (χ1) is 9.18. The van der Waals surface area contributed by atoms with Gasteiger partial charge in [0.1, 0.15) is 11.3 Å². The van der Waals surface area contributed by atoms with Crippen molar-refractivity contribution in [2.24, 2.45) is 0 Å². The zero-order valence-electron chi connectivity index (χ0n) is 9.82. The summed E-state index contributed by atoms with van der Waals surface area (Å²) in [7, 11) is 0. The van der Waals surface area contributed by atoms with Crippen molar-refractivity contribution in [2.45, 2.75) is 0 Å². The van der Waals surface area contributed by atoms with E-state index in [2.05, 4.69) is 4.98 Å². The molecule has 0 bridgehead atoms. The summed E-state index contributed by atoms with van der Waals surface area (Å²) < 4.78 is 1.37. The molecule has 0 fully saturated rings. The van der Waals surface area contributed by atoms with Crippen LogP contribution in [0.4, 0.5) is 0 Å². The molecule has 2 heterocycles. The summed E-state index contributed by atoms with van der Waals surface area (Å²) in [6.45, 7) is 0. The molecule has 0 saturated heterocycles. The Hall–Kier alpha value is -2.82. The summed E-state index contributed by atoms with van der Waals surface area (Å²) >= 11 is 0. The predicted octanol–water partition coefficient (Wildman–Crippen LogP) is 2.41. The molecule has 0 aliphatic carbocycles. The van der Waals surface area contributed by atoms with Crippen LogP contribution in [0, 0.1) is 0 Å². The van der Waals surface area contributed by atoms with E-state index in [-0.39, 0.29) is 17.1 Å². The highest BCUT2D eigenvalue weighted by Crippen LogP contribution is 2.30. The number of imidazole rings is 1. The van der Waals surface area contributed by atoms with Crippen LogP contribution < -0.4 is 0 Å². The molecule has 2 N–H and O–H groups in total. The monoisotopic (exact) mass is 254 g/mol. The van der Waals surface area contributed by atoms with Crippen LogP contribution in [0.15, 0.2) is 48.7 Å². The van der Waals surface area contributed by atoms with Crippen LogP contribution in [0.25, 0.3) is 16.9 Å². The van der Waals surface area contributed by atoms with Crippen molar-refractivity contribution >= 4 is 11.6 Å². The van der Waals surface area contributed by atoms with E-state index in [0.717, 1.165) is 5.56 Å². The highest BCUT2D eigenvalue weighted by atomic mass is 16.4. The molecule has 19 heavy (non-hydrogen) atoms. The number of hydrogen-bond acceptors (Lipinski definition) is 3. The van der Waals surface area contributed by atoms with Gasteiger partial charge in [0.2, 0.25) is 5.88 Å². The number of rotatable bonds is 2. The fourth-order valence-corrected chi connectivity index (χ4v) is 2.01. The molecule has 5 nitrogen and oxygen atoms in total.